The van der Waals surface area contributed by atoms with Gasteiger partial charge in [-0.3, -0.25) is 9.67 Å². The highest BCUT2D eigenvalue weighted by molar-refractivity contribution is 5.68. The van der Waals surface area contributed by atoms with Crippen LogP contribution in [0, 0.1) is 0 Å². The third-order valence-corrected chi connectivity index (χ3v) is 3.35. The second-order valence-electron chi connectivity index (χ2n) is 5.26. The first kappa shape index (κ1) is 10.3. The minimum Gasteiger partial charge on any atom is -0.384 e. The quantitative estimate of drug-likeness (QED) is 0.813. The zero-order chi connectivity index (χ0) is 12.0. The zero-order valence-corrected chi connectivity index (χ0v) is 10.4. The summed E-state index contributed by atoms with van der Waals surface area (Å²) in [5.41, 5.74) is 4.70. The summed E-state index contributed by atoms with van der Waals surface area (Å²) in [7, 11) is 1.91. The van der Waals surface area contributed by atoms with Gasteiger partial charge in [-0.15, -0.1) is 0 Å². The van der Waals surface area contributed by atoms with Crippen molar-refractivity contribution in [1.29, 1.82) is 0 Å². The van der Waals surface area contributed by atoms with Crippen LogP contribution in [0.2, 0.25) is 0 Å². The molecule has 0 amide bonds. The van der Waals surface area contributed by atoms with Crippen LogP contribution in [-0.4, -0.2) is 21.3 Å². The Morgan fingerprint density at radius 2 is 2.18 bits per heavy atom. The molecule has 1 aliphatic rings. The molecule has 0 atom stereocenters. The maximum absolute atomic E-state index is 4.54. The van der Waals surface area contributed by atoms with Gasteiger partial charge < -0.3 is 5.32 Å². The Bertz CT molecular complexity index is 569. The van der Waals surface area contributed by atoms with Gasteiger partial charge >= 0.3 is 0 Å². The topological polar surface area (TPSA) is 42.7 Å². The van der Waals surface area contributed by atoms with Crippen LogP contribution in [0.15, 0.2) is 24.7 Å². The number of aromatic nitrogens is 3. The SMILES string of the molecule is Cn1cc(-c2cc3c(cn2)C(C)(C)CN3)cn1. The van der Waals surface area contributed by atoms with Gasteiger partial charge in [0.1, 0.15) is 0 Å². The van der Waals surface area contributed by atoms with Gasteiger partial charge in [-0.1, -0.05) is 13.8 Å². The molecule has 2 aromatic heterocycles. The summed E-state index contributed by atoms with van der Waals surface area (Å²) in [4.78, 5) is 4.54. The number of nitrogens with one attached hydrogen (secondary N) is 1. The van der Waals surface area contributed by atoms with Gasteiger partial charge in [0, 0.05) is 48.2 Å². The molecule has 1 aliphatic heterocycles. The monoisotopic (exact) mass is 228 g/mol. The molecular formula is C13H16N4. The molecule has 0 fully saturated rings. The van der Waals surface area contributed by atoms with E-state index in [1.165, 1.54) is 11.3 Å². The molecular weight excluding hydrogens is 212 g/mol. The van der Waals surface area contributed by atoms with Crippen LogP contribution in [0.4, 0.5) is 5.69 Å². The van der Waals surface area contributed by atoms with E-state index in [4.69, 9.17) is 0 Å². The Kier molecular flexibility index (Phi) is 2.02. The predicted octanol–water partition coefficient (Wildman–Crippen LogP) is 2.19. The lowest BCUT2D eigenvalue weighted by Gasteiger charge is -2.16. The predicted molar refractivity (Wildman–Crippen MR) is 68.0 cm³/mol. The van der Waals surface area contributed by atoms with E-state index in [-0.39, 0.29) is 5.41 Å². The Morgan fingerprint density at radius 1 is 1.35 bits per heavy atom. The Morgan fingerprint density at radius 3 is 2.88 bits per heavy atom. The van der Waals surface area contributed by atoms with E-state index >= 15 is 0 Å². The van der Waals surface area contributed by atoms with Crippen molar-refractivity contribution < 1.29 is 0 Å². The Labute approximate surface area is 101 Å². The lowest BCUT2D eigenvalue weighted by Crippen LogP contribution is -2.18. The molecule has 17 heavy (non-hydrogen) atoms. The van der Waals surface area contributed by atoms with E-state index in [2.05, 4.69) is 35.3 Å². The van der Waals surface area contributed by atoms with Crippen LogP contribution in [0.3, 0.4) is 0 Å². The molecule has 1 N–H and O–H groups in total. The Hall–Kier alpha value is -1.84. The largest absolute Gasteiger partial charge is 0.384 e. The molecule has 3 heterocycles. The molecule has 3 rings (SSSR count). The first-order chi connectivity index (χ1) is 8.06. The summed E-state index contributed by atoms with van der Waals surface area (Å²) in [6.45, 7) is 5.44. The number of hydrogen-bond donors (Lipinski definition) is 1. The zero-order valence-electron chi connectivity index (χ0n) is 10.4. The highest BCUT2D eigenvalue weighted by atomic mass is 15.2. The van der Waals surface area contributed by atoms with Crippen molar-refractivity contribution in [2.75, 3.05) is 11.9 Å². The first-order valence-electron chi connectivity index (χ1n) is 5.80. The van der Waals surface area contributed by atoms with E-state index in [1.807, 2.05) is 25.6 Å². The smallest absolute Gasteiger partial charge is 0.0754 e. The number of nitrogens with zero attached hydrogens (tertiary/aromatic N) is 3. The summed E-state index contributed by atoms with van der Waals surface area (Å²) < 4.78 is 1.79. The fourth-order valence-electron chi connectivity index (χ4n) is 2.26. The van der Waals surface area contributed by atoms with Crippen LogP contribution in [-0.2, 0) is 12.5 Å². The van der Waals surface area contributed by atoms with E-state index in [0.29, 0.717) is 0 Å². The van der Waals surface area contributed by atoms with Gasteiger partial charge in [0.2, 0.25) is 0 Å². The molecule has 0 unspecified atom stereocenters. The van der Waals surface area contributed by atoms with Crippen molar-refractivity contribution in [3.63, 3.8) is 0 Å². The lowest BCUT2D eigenvalue weighted by atomic mass is 9.88. The Balaban J connectivity index is 2.06. The van der Waals surface area contributed by atoms with Crippen LogP contribution in [0.5, 0.6) is 0 Å². The van der Waals surface area contributed by atoms with E-state index in [1.54, 1.807) is 4.68 Å². The third kappa shape index (κ3) is 1.60. The molecule has 0 saturated carbocycles. The molecule has 0 aromatic carbocycles. The number of hydrogen-bond acceptors (Lipinski definition) is 3. The van der Waals surface area contributed by atoms with E-state index in [0.717, 1.165) is 17.8 Å². The van der Waals surface area contributed by atoms with Crippen molar-refractivity contribution in [2.45, 2.75) is 19.3 Å². The minimum atomic E-state index is 0.176. The highest BCUT2D eigenvalue weighted by Crippen LogP contribution is 2.37. The standard InChI is InChI=1S/C13H16N4/c1-13(2)8-15-12-4-11(14-6-10(12)13)9-5-16-17(3)7-9/h4-7,15H,8H2,1-3H3. The summed E-state index contributed by atoms with van der Waals surface area (Å²) in [5, 5.41) is 7.61. The number of fused-ring (bicyclic) bond motifs is 1. The average molecular weight is 228 g/mol. The van der Waals surface area contributed by atoms with Gasteiger partial charge in [0.25, 0.3) is 0 Å². The second kappa shape index (κ2) is 3.32. The van der Waals surface area contributed by atoms with E-state index in [9.17, 15) is 0 Å². The number of pyridine rings is 1. The molecule has 2 aromatic rings. The molecule has 0 bridgehead atoms. The van der Waals surface area contributed by atoms with Crippen molar-refractivity contribution in [2.24, 2.45) is 7.05 Å². The molecule has 0 radical (unpaired) electrons. The van der Waals surface area contributed by atoms with Gasteiger partial charge in [-0.2, -0.15) is 5.10 Å². The summed E-state index contributed by atoms with van der Waals surface area (Å²) in [6.07, 6.45) is 5.81. The van der Waals surface area contributed by atoms with Gasteiger partial charge in [-0.25, -0.2) is 0 Å². The maximum Gasteiger partial charge on any atom is 0.0754 e. The average Bonchev–Trinajstić information content (AvgIpc) is 2.84. The summed E-state index contributed by atoms with van der Waals surface area (Å²) >= 11 is 0. The first-order valence-corrected chi connectivity index (χ1v) is 5.80. The molecule has 4 heteroatoms. The normalized spacial score (nSPS) is 16.6. The van der Waals surface area contributed by atoms with Crippen LogP contribution in [0.25, 0.3) is 11.3 Å². The van der Waals surface area contributed by atoms with Gasteiger partial charge in [0.15, 0.2) is 0 Å². The van der Waals surface area contributed by atoms with Crippen molar-refractivity contribution in [3.8, 4) is 11.3 Å². The number of aryl methyl sites for hydroxylation is 1. The van der Waals surface area contributed by atoms with Crippen molar-refractivity contribution in [3.05, 3.63) is 30.2 Å². The van der Waals surface area contributed by atoms with Gasteiger partial charge in [0.05, 0.1) is 11.9 Å². The van der Waals surface area contributed by atoms with Crippen LogP contribution >= 0.6 is 0 Å². The molecule has 0 aliphatic carbocycles. The lowest BCUT2D eigenvalue weighted by molar-refractivity contribution is 0.584. The summed E-state index contributed by atoms with van der Waals surface area (Å²) in [5.74, 6) is 0. The molecule has 4 nitrogen and oxygen atoms in total. The molecule has 88 valence electrons. The third-order valence-electron chi connectivity index (χ3n) is 3.35. The summed E-state index contributed by atoms with van der Waals surface area (Å²) in [6, 6.07) is 2.11. The minimum absolute atomic E-state index is 0.176. The molecule has 0 saturated heterocycles. The van der Waals surface area contributed by atoms with E-state index < -0.39 is 0 Å². The number of anilines is 1. The van der Waals surface area contributed by atoms with Crippen LogP contribution in [0.1, 0.15) is 19.4 Å². The van der Waals surface area contributed by atoms with Crippen molar-refractivity contribution >= 4 is 5.69 Å². The second-order valence-corrected chi connectivity index (χ2v) is 5.26. The number of rotatable bonds is 1. The molecule has 0 spiro atoms. The fourth-order valence-corrected chi connectivity index (χ4v) is 2.26. The fraction of sp³-hybridized carbons (Fsp3) is 0.385. The van der Waals surface area contributed by atoms with Crippen molar-refractivity contribution in [1.82, 2.24) is 14.8 Å². The van der Waals surface area contributed by atoms with Gasteiger partial charge in [-0.05, 0) is 6.07 Å². The highest BCUT2D eigenvalue weighted by Gasteiger charge is 2.30. The maximum atomic E-state index is 4.54. The van der Waals surface area contributed by atoms with Crippen LogP contribution < -0.4 is 5.32 Å².